The van der Waals surface area contributed by atoms with E-state index in [1.165, 1.54) is 5.57 Å². The molecular weight excluding hydrogens is 276 g/mol. The molecule has 0 spiro atoms. The van der Waals surface area contributed by atoms with E-state index in [9.17, 15) is 9.59 Å². The zero-order valence-electron chi connectivity index (χ0n) is 11.1. The molecule has 2 atom stereocenters. The van der Waals surface area contributed by atoms with Crippen LogP contribution in [0.25, 0.3) is 0 Å². The van der Waals surface area contributed by atoms with Crippen molar-refractivity contribution >= 4 is 29.1 Å². The highest BCUT2D eigenvalue weighted by Crippen LogP contribution is 2.39. The van der Waals surface area contributed by atoms with Crippen molar-refractivity contribution in [2.24, 2.45) is 10.9 Å². The van der Waals surface area contributed by atoms with E-state index < -0.39 is 5.38 Å². The Hall–Kier alpha value is -1.68. The van der Waals surface area contributed by atoms with Crippen LogP contribution in [0.1, 0.15) is 26.2 Å². The molecule has 0 fully saturated rings. The van der Waals surface area contributed by atoms with Crippen molar-refractivity contribution in [1.29, 1.82) is 0 Å². The molecule has 0 bridgehead atoms. The van der Waals surface area contributed by atoms with Gasteiger partial charge in [-0.05, 0) is 43.9 Å². The highest BCUT2D eigenvalue weighted by Gasteiger charge is 2.34. The van der Waals surface area contributed by atoms with Gasteiger partial charge in [-0.15, -0.1) is 11.6 Å². The van der Waals surface area contributed by atoms with Gasteiger partial charge in [-0.2, -0.15) is 0 Å². The maximum atomic E-state index is 12.0. The first-order valence-electron chi connectivity index (χ1n) is 6.76. The number of amides is 2. The van der Waals surface area contributed by atoms with Crippen molar-refractivity contribution in [3.05, 3.63) is 35.1 Å². The maximum absolute atomic E-state index is 12.0. The number of rotatable bonds is 1. The number of carbonyl (C=O) groups excluding carboxylic acids is 2. The smallest absolute Gasteiger partial charge is 0.263 e. The summed E-state index contributed by atoms with van der Waals surface area (Å²) in [4.78, 5) is 27.5. The number of carbonyl (C=O) groups is 2. The Labute approximate surface area is 122 Å². The van der Waals surface area contributed by atoms with Crippen LogP contribution in [0.4, 0.5) is 0 Å². The molecule has 0 aromatic heterocycles. The number of alkyl halides is 1. The van der Waals surface area contributed by atoms with E-state index in [-0.39, 0.29) is 17.7 Å². The Morgan fingerprint density at radius 1 is 1.50 bits per heavy atom. The lowest BCUT2D eigenvalue weighted by Crippen LogP contribution is -2.35. The maximum Gasteiger partial charge on any atom is 0.263 e. The van der Waals surface area contributed by atoms with E-state index in [4.69, 9.17) is 11.6 Å². The molecule has 4 nitrogen and oxygen atoms in total. The number of hydrogen-bond acceptors (Lipinski definition) is 2. The molecule has 2 amide bonds. The van der Waals surface area contributed by atoms with Crippen LogP contribution < -0.4 is 5.32 Å². The van der Waals surface area contributed by atoms with Gasteiger partial charge in [0, 0.05) is 17.2 Å². The minimum Gasteiger partial charge on any atom is -0.325 e. The Kier molecular flexibility index (Phi) is 3.34. The molecule has 1 aliphatic heterocycles. The zero-order valence-corrected chi connectivity index (χ0v) is 11.9. The summed E-state index contributed by atoms with van der Waals surface area (Å²) in [6.45, 7) is 1.59. The lowest BCUT2D eigenvalue weighted by Gasteiger charge is -2.28. The van der Waals surface area contributed by atoms with Gasteiger partial charge in [0.15, 0.2) is 0 Å². The monoisotopic (exact) mass is 290 g/mol. The first kappa shape index (κ1) is 13.3. The number of aliphatic imine (C=N–C) groups is 1. The van der Waals surface area contributed by atoms with Crippen LogP contribution >= 0.6 is 11.6 Å². The standard InChI is InChI=1S/C15H15ClN2O2/c1-8(16)14(19)17-9-5-6-11-10-3-2-4-12(10)15(20)18-13(11)7-9/h5-8,11H,2-4H2,1H3,(H,18,20). The van der Waals surface area contributed by atoms with E-state index in [0.717, 1.165) is 30.5 Å². The molecule has 1 N–H and O–H groups in total. The molecule has 20 heavy (non-hydrogen) atoms. The number of nitrogens with zero attached hydrogens (tertiary/aromatic N) is 1. The average Bonchev–Trinajstić information content (AvgIpc) is 2.88. The second-order valence-corrected chi connectivity index (χ2v) is 5.89. The summed E-state index contributed by atoms with van der Waals surface area (Å²) < 4.78 is 0. The summed E-state index contributed by atoms with van der Waals surface area (Å²) in [6, 6.07) is 0. The van der Waals surface area contributed by atoms with Crippen molar-refractivity contribution in [1.82, 2.24) is 5.32 Å². The quantitative estimate of drug-likeness (QED) is 0.753. The van der Waals surface area contributed by atoms with E-state index in [1.807, 2.05) is 12.2 Å². The second kappa shape index (κ2) is 5.02. The fourth-order valence-electron chi connectivity index (χ4n) is 2.88. The van der Waals surface area contributed by atoms with Gasteiger partial charge < -0.3 is 5.32 Å². The molecule has 0 radical (unpaired) electrons. The lowest BCUT2D eigenvalue weighted by molar-refractivity contribution is -0.118. The van der Waals surface area contributed by atoms with Gasteiger partial charge in [0.1, 0.15) is 5.38 Å². The first-order chi connectivity index (χ1) is 9.56. The molecule has 3 aliphatic rings. The van der Waals surface area contributed by atoms with E-state index in [0.29, 0.717) is 5.71 Å². The third-order valence-electron chi connectivity index (χ3n) is 3.85. The number of allylic oxidation sites excluding steroid dienone is 3. The van der Waals surface area contributed by atoms with Gasteiger partial charge in [0.2, 0.25) is 0 Å². The van der Waals surface area contributed by atoms with Gasteiger partial charge in [-0.1, -0.05) is 6.08 Å². The molecule has 0 saturated carbocycles. The van der Waals surface area contributed by atoms with Crippen LogP contribution in [0, 0.1) is 5.92 Å². The zero-order chi connectivity index (χ0) is 14.3. The number of halogens is 1. The van der Waals surface area contributed by atoms with Crippen LogP contribution in [-0.2, 0) is 9.59 Å². The molecular formula is C15H15ClN2O2. The van der Waals surface area contributed by atoms with Crippen molar-refractivity contribution in [2.75, 3.05) is 0 Å². The van der Waals surface area contributed by atoms with Gasteiger partial charge in [-0.3, -0.25) is 9.59 Å². The summed E-state index contributed by atoms with van der Waals surface area (Å²) in [5.41, 5.74) is 3.50. The Morgan fingerprint density at radius 2 is 2.30 bits per heavy atom. The highest BCUT2D eigenvalue weighted by molar-refractivity contribution is 6.31. The van der Waals surface area contributed by atoms with E-state index >= 15 is 0 Å². The minimum absolute atomic E-state index is 0.00770. The molecule has 0 saturated heterocycles. The Bertz CT molecular complexity index is 611. The third-order valence-corrected chi connectivity index (χ3v) is 4.03. The second-order valence-electron chi connectivity index (χ2n) is 5.24. The fraction of sp³-hybridized carbons (Fsp3) is 0.400. The Balaban J connectivity index is 1.92. The van der Waals surface area contributed by atoms with Gasteiger partial charge in [-0.25, -0.2) is 4.99 Å². The summed E-state index contributed by atoms with van der Waals surface area (Å²) in [6.07, 6.45) is 8.47. The topological polar surface area (TPSA) is 58.5 Å². The summed E-state index contributed by atoms with van der Waals surface area (Å²) in [7, 11) is 0. The SMILES string of the molecule is CC(Cl)C(=O)N=C1C=CC2C(=C1)NC(=O)C1=C2CCC1. The van der Waals surface area contributed by atoms with E-state index in [1.54, 1.807) is 13.0 Å². The average molecular weight is 291 g/mol. The first-order valence-corrected chi connectivity index (χ1v) is 7.19. The molecule has 1 heterocycles. The molecule has 2 aliphatic carbocycles. The molecule has 2 unspecified atom stereocenters. The van der Waals surface area contributed by atoms with Crippen LogP contribution in [-0.4, -0.2) is 22.9 Å². The summed E-state index contributed by atoms with van der Waals surface area (Å²) >= 11 is 5.70. The largest absolute Gasteiger partial charge is 0.325 e. The Morgan fingerprint density at radius 3 is 3.05 bits per heavy atom. The number of fused-ring (bicyclic) bond motifs is 2. The van der Waals surface area contributed by atoms with Crippen molar-refractivity contribution in [3.8, 4) is 0 Å². The van der Waals surface area contributed by atoms with Crippen LogP contribution in [0.2, 0.25) is 0 Å². The predicted octanol–water partition coefficient (Wildman–Crippen LogP) is 2.26. The molecule has 3 rings (SSSR count). The molecule has 0 aromatic rings. The third kappa shape index (κ3) is 2.24. The fourth-order valence-corrected chi connectivity index (χ4v) is 2.92. The van der Waals surface area contributed by atoms with Crippen molar-refractivity contribution in [3.63, 3.8) is 0 Å². The number of hydrogen-bond donors (Lipinski definition) is 1. The van der Waals surface area contributed by atoms with Crippen molar-refractivity contribution < 1.29 is 9.59 Å². The van der Waals surface area contributed by atoms with Crippen LogP contribution in [0.3, 0.4) is 0 Å². The molecule has 5 heteroatoms. The summed E-state index contributed by atoms with van der Waals surface area (Å²) in [5.74, 6) is -0.246. The predicted molar refractivity (Wildman–Crippen MR) is 77.5 cm³/mol. The highest BCUT2D eigenvalue weighted by atomic mass is 35.5. The lowest BCUT2D eigenvalue weighted by atomic mass is 9.85. The van der Waals surface area contributed by atoms with Crippen molar-refractivity contribution in [2.45, 2.75) is 31.6 Å². The van der Waals surface area contributed by atoms with Gasteiger partial charge in [0.05, 0.1) is 5.71 Å². The van der Waals surface area contributed by atoms with Gasteiger partial charge >= 0.3 is 0 Å². The molecule has 0 aromatic carbocycles. The van der Waals surface area contributed by atoms with E-state index in [2.05, 4.69) is 10.3 Å². The van der Waals surface area contributed by atoms with Gasteiger partial charge in [0.25, 0.3) is 11.8 Å². The normalized spacial score (nSPS) is 27.9. The van der Waals surface area contributed by atoms with Crippen LogP contribution in [0.5, 0.6) is 0 Å². The molecule has 104 valence electrons. The summed E-state index contributed by atoms with van der Waals surface area (Å²) in [5, 5.41) is 2.27. The van der Waals surface area contributed by atoms with Crippen LogP contribution in [0.15, 0.2) is 40.1 Å². The minimum atomic E-state index is -0.642. The number of nitrogens with one attached hydrogen (secondary N) is 1.